The molecule has 19 heavy (non-hydrogen) atoms. The molecule has 1 aromatic carbocycles. The van der Waals surface area contributed by atoms with Gasteiger partial charge < -0.3 is 5.11 Å². The van der Waals surface area contributed by atoms with E-state index in [1.807, 2.05) is 29.6 Å². The van der Waals surface area contributed by atoms with Crippen molar-refractivity contribution < 1.29 is 14.7 Å². The van der Waals surface area contributed by atoms with Crippen molar-refractivity contribution in [3.05, 3.63) is 29.6 Å². The van der Waals surface area contributed by atoms with Crippen molar-refractivity contribution in [3.8, 4) is 0 Å². The van der Waals surface area contributed by atoms with Crippen molar-refractivity contribution in [1.82, 2.24) is 0 Å². The van der Waals surface area contributed by atoms with E-state index in [1.54, 1.807) is 6.92 Å². The molecule has 0 aliphatic heterocycles. The van der Waals surface area contributed by atoms with Crippen molar-refractivity contribution in [2.75, 3.05) is 4.90 Å². The predicted molar refractivity (Wildman–Crippen MR) is 76.7 cm³/mol. The average Bonchev–Trinajstić information content (AvgIpc) is 2.82. The number of carbonyl (C=O) groups excluding carboxylic acids is 1. The van der Waals surface area contributed by atoms with Gasteiger partial charge in [-0.2, -0.15) is 0 Å². The zero-order chi connectivity index (χ0) is 14.0. The van der Waals surface area contributed by atoms with Crippen LogP contribution in [-0.4, -0.2) is 23.0 Å². The van der Waals surface area contributed by atoms with E-state index >= 15 is 0 Å². The third-order valence-corrected chi connectivity index (χ3v) is 3.99. The Morgan fingerprint density at radius 1 is 1.37 bits per heavy atom. The number of thiophene rings is 1. The highest BCUT2D eigenvalue weighted by molar-refractivity contribution is 7.17. The monoisotopic (exact) mass is 277 g/mol. The molecular weight excluding hydrogens is 262 g/mol. The number of hydrogen-bond donors (Lipinski definition) is 1. The summed E-state index contributed by atoms with van der Waals surface area (Å²) < 4.78 is 1.05. The number of benzene rings is 1. The second-order valence-corrected chi connectivity index (χ2v) is 5.16. The Hall–Kier alpha value is -1.88. The number of hydrogen-bond acceptors (Lipinski definition) is 3. The van der Waals surface area contributed by atoms with Crippen LogP contribution < -0.4 is 4.90 Å². The molecule has 4 nitrogen and oxygen atoms in total. The van der Waals surface area contributed by atoms with Crippen LogP contribution in [0, 0.1) is 0 Å². The van der Waals surface area contributed by atoms with Crippen LogP contribution in [0.3, 0.4) is 0 Å². The zero-order valence-corrected chi connectivity index (χ0v) is 11.6. The first-order chi connectivity index (χ1) is 9.06. The van der Waals surface area contributed by atoms with Gasteiger partial charge in [0.2, 0.25) is 5.91 Å². The van der Waals surface area contributed by atoms with Gasteiger partial charge in [0.05, 0.1) is 5.69 Å². The van der Waals surface area contributed by atoms with Crippen LogP contribution in [-0.2, 0) is 9.59 Å². The van der Waals surface area contributed by atoms with Crippen molar-refractivity contribution in [2.24, 2.45) is 0 Å². The number of rotatable bonds is 4. The Morgan fingerprint density at radius 2 is 2.05 bits per heavy atom. The molecule has 1 N–H and O–H groups in total. The predicted octanol–water partition coefficient (Wildman–Crippen LogP) is 3.12. The molecule has 100 valence electrons. The standard InChI is InChI=1S/C14H15NO3S/c1-3-13(16)15(9(2)14(17)18)11-8-19-12-7-5-4-6-10(11)12/h4-9H,3H2,1-2H3,(H,17,18)/t9-/m0/s1. The molecule has 0 saturated heterocycles. The number of carbonyl (C=O) groups is 2. The molecule has 2 aromatic rings. The number of aliphatic carboxylic acids is 1. The van der Waals surface area contributed by atoms with E-state index in [0.717, 1.165) is 10.1 Å². The number of carboxylic acid groups (broad SMARTS) is 1. The first kappa shape index (κ1) is 13.5. The molecule has 0 aliphatic rings. The highest BCUT2D eigenvalue weighted by Crippen LogP contribution is 2.34. The van der Waals surface area contributed by atoms with Gasteiger partial charge in [0.25, 0.3) is 0 Å². The largest absolute Gasteiger partial charge is 0.480 e. The summed E-state index contributed by atoms with van der Waals surface area (Å²) in [6.07, 6.45) is 0.280. The van der Waals surface area contributed by atoms with Crippen molar-refractivity contribution in [3.63, 3.8) is 0 Å². The van der Waals surface area contributed by atoms with Gasteiger partial charge in [-0.1, -0.05) is 25.1 Å². The minimum absolute atomic E-state index is 0.182. The molecule has 1 atom stereocenters. The Labute approximate surface area is 115 Å². The number of carboxylic acids is 1. The molecule has 5 heteroatoms. The Balaban J connectivity index is 2.54. The van der Waals surface area contributed by atoms with E-state index in [4.69, 9.17) is 0 Å². The minimum Gasteiger partial charge on any atom is -0.480 e. The smallest absolute Gasteiger partial charge is 0.326 e. The van der Waals surface area contributed by atoms with Crippen molar-refractivity contribution in [1.29, 1.82) is 0 Å². The Bertz CT molecular complexity index is 620. The van der Waals surface area contributed by atoms with Gasteiger partial charge in [0.15, 0.2) is 0 Å². The molecule has 0 bridgehead atoms. The lowest BCUT2D eigenvalue weighted by Gasteiger charge is -2.25. The molecule has 0 fully saturated rings. The van der Waals surface area contributed by atoms with Gasteiger partial charge in [-0.15, -0.1) is 11.3 Å². The van der Waals surface area contributed by atoms with E-state index in [1.165, 1.54) is 23.2 Å². The summed E-state index contributed by atoms with van der Waals surface area (Å²) >= 11 is 1.51. The van der Waals surface area contributed by atoms with Crippen LogP contribution >= 0.6 is 11.3 Å². The number of fused-ring (bicyclic) bond motifs is 1. The molecule has 0 unspecified atom stereocenters. The summed E-state index contributed by atoms with van der Waals surface area (Å²) in [5.41, 5.74) is 0.683. The summed E-state index contributed by atoms with van der Waals surface area (Å²) in [6.45, 7) is 3.26. The summed E-state index contributed by atoms with van der Waals surface area (Å²) in [6, 6.07) is 6.81. The second kappa shape index (κ2) is 5.40. The van der Waals surface area contributed by atoms with Gasteiger partial charge in [-0.25, -0.2) is 4.79 Å². The van der Waals surface area contributed by atoms with Gasteiger partial charge in [0.1, 0.15) is 6.04 Å². The fraction of sp³-hybridized carbons (Fsp3) is 0.286. The third kappa shape index (κ3) is 2.46. The van der Waals surface area contributed by atoms with Gasteiger partial charge in [0, 0.05) is 21.9 Å². The van der Waals surface area contributed by atoms with Gasteiger partial charge in [-0.05, 0) is 13.0 Å². The SMILES string of the molecule is CCC(=O)N(c1csc2ccccc12)[C@@H](C)C(=O)O. The minimum atomic E-state index is -1.00. The summed E-state index contributed by atoms with van der Waals surface area (Å²) in [5, 5.41) is 11.9. The molecule has 0 radical (unpaired) electrons. The molecule has 0 saturated carbocycles. The van der Waals surface area contributed by atoms with E-state index in [2.05, 4.69) is 0 Å². The lowest BCUT2D eigenvalue weighted by Crippen LogP contribution is -2.43. The fourth-order valence-electron chi connectivity index (χ4n) is 1.99. The number of amides is 1. The average molecular weight is 277 g/mol. The molecule has 1 aromatic heterocycles. The molecular formula is C14H15NO3S. The normalized spacial score (nSPS) is 12.3. The van der Waals surface area contributed by atoms with Crippen molar-refractivity contribution in [2.45, 2.75) is 26.3 Å². The first-order valence-electron chi connectivity index (χ1n) is 6.07. The maximum atomic E-state index is 12.1. The van der Waals surface area contributed by atoms with Gasteiger partial charge in [-0.3, -0.25) is 9.69 Å². The highest BCUT2D eigenvalue weighted by Gasteiger charge is 2.27. The van der Waals surface area contributed by atoms with E-state index < -0.39 is 12.0 Å². The van der Waals surface area contributed by atoms with Crippen LogP contribution in [0.1, 0.15) is 20.3 Å². The maximum absolute atomic E-state index is 12.1. The highest BCUT2D eigenvalue weighted by atomic mass is 32.1. The quantitative estimate of drug-likeness (QED) is 0.934. The summed E-state index contributed by atoms with van der Waals surface area (Å²) in [4.78, 5) is 24.6. The van der Waals surface area contributed by atoms with Crippen LogP contribution in [0.25, 0.3) is 10.1 Å². The van der Waals surface area contributed by atoms with E-state index in [0.29, 0.717) is 5.69 Å². The maximum Gasteiger partial charge on any atom is 0.326 e. The lowest BCUT2D eigenvalue weighted by atomic mass is 10.2. The van der Waals surface area contributed by atoms with Crippen LogP contribution in [0.4, 0.5) is 5.69 Å². The van der Waals surface area contributed by atoms with Gasteiger partial charge >= 0.3 is 5.97 Å². The Kier molecular flexibility index (Phi) is 3.85. The third-order valence-electron chi connectivity index (χ3n) is 3.04. The zero-order valence-electron chi connectivity index (χ0n) is 10.8. The molecule has 0 aliphatic carbocycles. The number of nitrogens with zero attached hydrogens (tertiary/aromatic N) is 1. The topological polar surface area (TPSA) is 57.6 Å². The van der Waals surface area contributed by atoms with Crippen molar-refractivity contribution >= 4 is 39.0 Å². The van der Waals surface area contributed by atoms with Crippen LogP contribution in [0.5, 0.6) is 0 Å². The summed E-state index contributed by atoms with van der Waals surface area (Å²) in [5.74, 6) is -1.18. The second-order valence-electron chi connectivity index (χ2n) is 4.25. The molecule has 2 rings (SSSR count). The first-order valence-corrected chi connectivity index (χ1v) is 6.95. The fourth-order valence-corrected chi connectivity index (χ4v) is 2.93. The molecule has 1 amide bonds. The number of anilines is 1. The van der Waals surface area contributed by atoms with Crippen LogP contribution in [0.2, 0.25) is 0 Å². The summed E-state index contributed by atoms with van der Waals surface area (Å²) in [7, 11) is 0. The molecule has 1 heterocycles. The molecule has 0 spiro atoms. The Morgan fingerprint density at radius 3 is 2.68 bits per heavy atom. The van der Waals surface area contributed by atoms with Crippen LogP contribution in [0.15, 0.2) is 29.6 Å². The van der Waals surface area contributed by atoms with E-state index in [9.17, 15) is 14.7 Å². The van der Waals surface area contributed by atoms with E-state index in [-0.39, 0.29) is 12.3 Å². The lowest BCUT2D eigenvalue weighted by molar-refractivity contribution is -0.139.